The first-order valence-corrected chi connectivity index (χ1v) is 6.67. The second-order valence-electron chi connectivity index (χ2n) is 4.57. The van der Waals surface area contributed by atoms with Crippen molar-refractivity contribution in [2.45, 2.75) is 13.5 Å². The van der Waals surface area contributed by atoms with E-state index in [0.717, 1.165) is 16.7 Å². The molecule has 2 rings (SSSR count). The molecule has 0 aliphatic heterocycles. The molecule has 1 aromatic heterocycles. The first-order chi connectivity index (χ1) is 10.2. The second-order valence-corrected chi connectivity index (χ2v) is 4.57. The van der Waals surface area contributed by atoms with Crippen molar-refractivity contribution in [3.63, 3.8) is 0 Å². The van der Waals surface area contributed by atoms with E-state index in [2.05, 4.69) is 22.1 Å². The predicted molar refractivity (Wildman–Crippen MR) is 82.5 cm³/mol. The zero-order valence-electron chi connectivity index (χ0n) is 11.9. The highest BCUT2D eigenvalue weighted by Crippen LogP contribution is 2.06. The fourth-order valence-corrected chi connectivity index (χ4v) is 1.84. The average molecular weight is 279 g/mol. The third-order valence-electron chi connectivity index (χ3n) is 3.06. The lowest BCUT2D eigenvalue weighted by Crippen LogP contribution is -2.23. The van der Waals surface area contributed by atoms with Gasteiger partial charge in [-0.2, -0.15) is 0 Å². The number of pyridine rings is 1. The number of aryl methyl sites for hydroxylation is 1. The van der Waals surface area contributed by atoms with Crippen LogP contribution in [-0.2, 0) is 6.54 Å². The van der Waals surface area contributed by atoms with Crippen LogP contribution in [0.3, 0.4) is 0 Å². The van der Waals surface area contributed by atoms with Crippen LogP contribution in [0.15, 0.2) is 42.7 Å². The number of benzene rings is 1. The lowest BCUT2D eigenvalue weighted by Gasteiger charge is -2.07. The molecule has 106 valence electrons. The Bertz CT molecular complexity index is 681. The summed E-state index contributed by atoms with van der Waals surface area (Å²) >= 11 is 0. The smallest absolute Gasteiger partial charge is 0.251 e. The van der Waals surface area contributed by atoms with Gasteiger partial charge in [-0.05, 0) is 48.4 Å². The largest absolute Gasteiger partial charge is 0.348 e. The summed E-state index contributed by atoms with van der Waals surface area (Å²) in [6.07, 6.45) is 3.51. The van der Waals surface area contributed by atoms with Gasteiger partial charge in [0, 0.05) is 30.1 Å². The minimum absolute atomic E-state index is 0.107. The second kappa shape index (κ2) is 7.22. The molecule has 21 heavy (non-hydrogen) atoms. The number of nitrogens with zero attached hydrogens (tertiary/aromatic N) is 1. The molecule has 0 bridgehead atoms. The molecule has 0 aliphatic carbocycles. The number of hydrogen-bond acceptors (Lipinski definition) is 3. The number of amides is 1. The molecule has 0 saturated carbocycles. The molecule has 1 amide bonds. The van der Waals surface area contributed by atoms with Crippen molar-refractivity contribution >= 4 is 5.91 Å². The molecule has 0 unspecified atom stereocenters. The maximum atomic E-state index is 12.1. The fourth-order valence-electron chi connectivity index (χ4n) is 1.84. The summed E-state index contributed by atoms with van der Waals surface area (Å²) in [5, 5.41) is 2.90. The lowest BCUT2D eigenvalue weighted by atomic mass is 10.1. The zero-order valence-corrected chi connectivity index (χ0v) is 11.9. The van der Waals surface area contributed by atoms with Crippen molar-refractivity contribution in [3.8, 4) is 11.8 Å². The maximum Gasteiger partial charge on any atom is 0.251 e. The molecule has 0 fully saturated rings. The van der Waals surface area contributed by atoms with E-state index in [1.807, 2.05) is 25.1 Å². The van der Waals surface area contributed by atoms with E-state index in [9.17, 15) is 4.79 Å². The topological polar surface area (TPSA) is 68.0 Å². The minimum atomic E-state index is -0.107. The molecule has 2 aromatic rings. The van der Waals surface area contributed by atoms with Crippen molar-refractivity contribution < 1.29 is 4.79 Å². The molecule has 0 atom stereocenters. The Hall–Kier alpha value is -2.64. The highest BCUT2D eigenvalue weighted by molar-refractivity contribution is 5.94. The van der Waals surface area contributed by atoms with Crippen LogP contribution in [0.1, 0.15) is 27.0 Å². The summed E-state index contributed by atoms with van der Waals surface area (Å²) in [5.41, 5.74) is 8.90. The van der Waals surface area contributed by atoms with E-state index < -0.39 is 0 Å². The Labute approximate surface area is 124 Å². The van der Waals surface area contributed by atoms with Crippen LogP contribution in [-0.4, -0.2) is 17.4 Å². The van der Waals surface area contributed by atoms with Gasteiger partial charge >= 0.3 is 0 Å². The van der Waals surface area contributed by atoms with Gasteiger partial charge in [-0.25, -0.2) is 0 Å². The molecular formula is C17H17N3O. The lowest BCUT2D eigenvalue weighted by molar-refractivity contribution is 0.0951. The van der Waals surface area contributed by atoms with E-state index >= 15 is 0 Å². The van der Waals surface area contributed by atoms with Crippen molar-refractivity contribution in [3.05, 3.63) is 65.0 Å². The molecule has 4 nitrogen and oxygen atoms in total. The highest BCUT2D eigenvalue weighted by atomic mass is 16.1. The van der Waals surface area contributed by atoms with Gasteiger partial charge in [0.15, 0.2) is 0 Å². The normalized spacial score (nSPS) is 9.62. The Morgan fingerprint density at radius 3 is 2.71 bits per heavy atom. The number of carbonyl (C=O) groups is 1. The van der Waals surface area contributed by atoms with Crippen LogP contribution in [0.2, 0.25) is 0 Å². The van der Waals surface area contributed by atoms with Crippen molar-refractivity contribution in [1.82, 2.24) is 10.3 Å². The van der Waals surface area contributed by atoms with Gasteiger partial charge in [0.05, 0.1) is 6.54 Å². The number of hydrogen-bond donors (Lipinski definition) is 2. The fraction of sp³-hybridized carbons (Fsp3) is 0.176. The van der Waals surface area contributed by atoms with E-state index in [4.69, 9.17) is 5.73 Å². The SMILES string of the molecule is Cc1cnccc1CNC(=O)c1ccc(C#CCN)cc1. The number of rotatable bonds is 3. The molecular weight excluding hydrogens is 262 g/mol. The van der Waals surface area contributed by atoms with Crippen molar-refractivity contribution in [2.75, 3.05) is 6.54 Å². The summed E-state index contributed by atoms with van der Waals surface area (Å²) in [4.78, 5) is 16.1. The van der Waals surface area contributed by atoms with Gasteiger partial charge in [0.25, 0.3) is 5.91 Å². The maximum absolute atomic E-state index is 12.1. The van der Waals surface area contributed by atoms with Crippen LogP contribution < -0.4 is 11.1 Å². The molecule has 0 radical (unpaired) electrons. The Morgan fingerprint density at radius 2 is 2.05 bits per heavy atom. The Balaban J connectivity index is 1.99. The molecule has 4 heteroatoms. The standard InChI is InChI=1S/C17H17N3O/c1-13-11-19-10-8-16(13)12-20-17(21)15-6-4-14(5-7-15)3-2-9-18/h4-8,10-11H,9,12,18H2,1H3,(H,20,21). The van der Waals surface area contributed by atoms with Crippen molar-refractivity contribution in [2.24, 2.45) is 5.73 Å². The number of nitrogens with one attached hydrogen (secondary N) is 1. The quantitative estimate of drug-likeness (QED) is 0.839. The number of aromatic nitrogens is 1. The van der Waals surface area contributed by atoms with Gasteiger partial charge < -0.3 is 11.1 Å². The number of carbonyl (C=O) groups excluding carboxylic acids is 1. The summed E-state index contributed by atoms with van der Waals surface area (Å²) in [7, 11) is 0. The van der Waals surface area contributed by atoms with E-state index in [0.29, 0.717) is 18.7 Å². The summed E-state index contributed by atoms with van der Waals surface area (Å²) in [6.45, 7) is 2.79. The zero-order chi connectivity index (χ0) is 15.1. The third-order valence-corrected chi connectivity index (χ3v) is 3.06. The van der Waals surface area contributed by atoms with E-state index in [1.165, 1.54) is 0 Å². The van der Waals surface area contributed by atoms with Crippen LogP contribution >= 0.6 is 0 Å². The molecule has 1 heterocycles. The minimum Gasteiger partial charge on any atom is -0.348 e. The Morgan fingerprint density at radius 1 is 1.29 bits per heavy atom. The van der Waals surface area contributed by atoms with Gasteiger partial charge in [-0.1, -0.05) is 11.8 Å². The van der Waals surface area contributed by atoms with Crippen LogP contribution in [0, 0.1) is 18.8 Å². The molecule has 1 aromatic carbocycles. The molecule has 0 aliphatic rings. The monoisotopic (exact) mass is 279 g/mol. The van der Waals surface area contributed by atoms with Gasteiger partial charge in [0.2, 0.25) is 0 Å². The van der Waals surface area contributed by atoms with E-state index in [1.54, 1.807) is 24.5 Å². The predicted octanol–water partition coefficient (Wildman–Crippen LogP) is 1.63. The molecule has 0 spiro atoms. The molecule has 3 N–H and O–H groups in total. The first kappa shape index (κ1) is 14.8. The Kier molecular flexibility index (Phi) is 5.08. The van der Waals surface area contributed by atoms with Gasteiger partial charge in [0.1, 0.15) is 0 Å². The first-order valence-electron chi connectivity index (χ1n) is 6.67. The highest BCUT2D eigenvalue weighted by Gasteiger charge is 2.05. The summed E-state index contributed by atoms with van der Waals surface area (Å²) < 4.78 is 0. The third kappa shape index (κ3) is 4.16. The van der Waals surface area contributed by atoms with Gasteiger partial charge in [-0.3, -0.25) is 9.78 Å². The van der Waals surface area contributed by atoms with E-state index in [-0.39, 0.29) is 5.91 Å². The molecule has 0 saturated heterocycles. The van der Waals surface area contributed by atoms with Crippen LogP contribution in [0.25, 0.3) is 0 Å². The van der Waals surface area contributed by atoms with Gasteiger partial charge in [-0.15, -0.1) is 0 Å². The van der Waals surface area contributed by atoms with Crippen molar-refractivity contribution in [1.29, 1.82) is 0 Å². The summed E-state index contributed by atoms with van der Waals surface area (Å²) in [5.74, 6) is 5.59. The van der Waals surface area contributed by atoms with Crippen LogP contribution in [0.5, 0.6) is 0 Å². The van der Waals surface area contributed by atoms with Crippen LogP contribution in [0.4, 0.5) is 0 Å². The number of nitrogens with two attached hydrogens (primary N) is 1. The average Bonchev–Trinajstić information content (AvgIpc) is 2.52. The summed E-state index contributed by atoms with van der Waals surface area (Å²) in [6, 6.07) is 9.05.